The summed E-state index contributed by atoms with van der Waals surface area (Å²) >= 11 is 0. The van der Waals surface area contributed by atoms with Crippen LogP contribution in [0.3, 0.4) is 0 Å². The summed E-state index contributed by atoms with van der Waals surface area (Å²) in [6, 6.07) is 2.11. The first-order chi connectivity index (χ1) is 11.1. The summed E-state index contributed by atoms with van der Waals surface area (Å²) in [6.07, 6.45) is 9.45. The van der Waals surface area contributed by atoms with Crippen LogP contribution in [0.15, 0.2) is 12.4 Å². The molecule has 1 N–H and O–H groups in total. The van der Waals surface area contributed by atoms with E-state index < -0.39 is 0 Å². The monoisotopic (exact) mass is 317 g/mol. The first-order valence-corrected chi connectivity index (χ1v) is 9.07. The minimum atomic E-state index is 0.246. The Hall–Kier alpha value is -1.36. The predicted octanol–water partition coefficient (Wildman–Crippen LogP) is 3.00. The molecule has 2 aliphatic rings. The van der Waals surface area contributed by atoms with Gasteiger partial charge >= 0.3 is 0 Å². The molecular formula is C18H31N5. The second kappa shape index (κ2) is 7.04. The molecule has 2 atom stereocenters. The van der Waals surface area contributed by atoms with Gasteiger partial charge in [-0.15, -0.1) is 0 Å². The molecule has 0 aromatic carbocycles. The van der Waals surface area contributed by atoms with Gasteiger partial charge in [0.05, 0.1) is 0 Å². The zero-order valence-electron chi connectivity index (χ0n) is 14.9. The molecule has 1 aromatic rings. The van der Waals surface area contributed by atoms with Crippen molar-refractivity contribution >= 4 is 11.6 Å². The van der Waals surface area contributed by atoms with E-state index in [1.807, 2.05) is 0 Å². The molecule has 0 amide bonds. The molecule has 1 saturated carbocycles. The molecule has 1 aromatic heterocycles. The minimum absolute atomic E-state index is 0.246. The lowest BCUT2D eigenvalue weighted by Gasteiger charge is -2.45. The number of nitrogens with zero attached hydrogens (tertiary/aromatic N) is 4. The quantitative estimate of drug-likeness (QED) is 0.904. The van der Waals surface area contributed by atoms with Crippen LogP contribution < -0.4 is 10.2 Å². The molecule has 2 heterocycles. The van der Waals surface area contributed by atoms with Crippen LogP contribution in [0.25, 0.3) is 0 Å². The molecule has 5 nitrogen and oxygen atoms in total. The van der Waals surface area contributed by atoms with Crippen molar-refractivity contribution in [2.75, 3.05) is 43.9 Å². The third-order valence-corrected chi connectivity index (χ3v) is 5.70. The number of anilines is 2. The fourth-order valence-electron chi connectivity index (χ4n) is 4.18. The lowest BCUT2D eigenvalue weighted by Crippen LogP contribution is -2.52. The number of rotatable bonds is 5. The number of hydrogen-bond donors (Lipinski definition) is 1. The van der Waals surface area contributed by atoms with E-state index in [0.29, 0.717) is 0 Å². The third-order valence-electron chi connectivity index (χ3n) is 5.70. The Morgan fingerprint density at radius 1 is 1.26 bits per heavy atom. The van der Waals surface area contributed by atoms with Crippen LogP contribution in [-0.2, 0) is 0 Å². The zero-order chi connectivity index (χ0) is 16.3. The van der Waals surface area contributed by atoms with Gasteiger partial charge in [-0.3, -0.25) is 0 Å². The molecule has 2 fully saturated rings. The van der Waals surface area contributed by atoms with Crippen molar-refractivity contribution in [3.8, 4) is 0 Å². The van der Waals surface area contributed by atoms with Crippen molar-refractivity contribution in [2.45, 2.75) is 51.0 Å². The fourth-order valence-corrected chi connectivity index (χ4v) is 4.18. The summed E-state index contributed by atoms with van der Waals surface area (Å²) in [5.74, 6) is 2.83. The van der Waals surface area contributed by atoms with Gasteiger partial charge in [0.25, 0.3) is 0 Å². The molecule has 2 unspecified atom stereocenters. The fraction of sp³-hybridized carbons (Fsp3) is 0.778. The maximum absolute atomic E-state index is 4.45. The Balaban J connectivity index is 1.67. The molecular weight excluding hydrogens is 286 g/mol. The number of nitrogens with one attached hydrogen (secondary N) is 1. The van der Waals surface area contributed by atoms with Crippen LogP contribution in [0.2, 0.25) is 0 Å². The van der Waals surface area contributed by atoms with Gasteiger partial charge in [0.15, 0.2) is 0 Å². The van der Waals surface area contributed by atoms with Gasteiger partial charge in [-0.25, -0.2) is 9.97 Å². The average Bonchev–Trinajstić information content (AvgIpc) is 3.08. The SMILES string of the molecule is CC1CCCC(CNc2cc(N3CCCC3)ncn2)(N(C)C)C1. The van der Waals surface area contributed by atoms with Gasteiger partial charge in [-0.1, -0.05) is 19.8 Å². The van der Waals surface area contributed by atoms with Crippen molar-refractivity contribution in [2.24, 2.45) is 5.92 Å². The smallest absolute Gasteiger partial charge is 0.134 e. The first-order valence-electron chi connectivity index (χ1n) is 9.07. The maximum atomic E-state index is 4.45. The van der Waals surface area contributed by atoms with E-state index in [9.17, 15) is 0 Å². The van der Waals surface area contributed by atoms with Crippen molar-refractivity contribution in [3.05, 3.63) is 12.4 Å². The van der Waals surface area contributed by atoms with Crippen molar-refractivity contribution in [3.63, 3.8) is 0 Å². The Bertz CT molecular complexity index is 512. The van der Waals surface area contributed by atoms with Gasteiger partial charge in [-0.2, -0.15) is 0 Å². The zero-order valence-corrected chi connectivity index (χ0v) is 14.9. The van der Waals surface area contributed by atoms with Gasteiger partial charge in [0.2, 0.25) is 0 Å². The highest BCUT2D eigenvalue weighted by Crippen LogP contribution is 2.35. The van der Waals surface area contributed by atoms with Gasteiger partial charge < -0.3 is 15.1 Å². The van der Waals surface area contributed by atoms with Crippen LogP contribution in [0.1, 0.15) is 45.4 Å². The lowest BCUT2D eigenvalue weighted by atomic mass is 9.75. The molecule has 128 valence electrons. The standard InChI is InChI=1S/C18H31N5/c1-15-7-6-8-18(12-15,22(2)3)13-19-16-11-17(21-14-20-16)23-9-4-5-10-23/h11,14-15H,4-10,12-13H2,1-3H3,(H,19,20,21). The van der Waals surface area contributed by atoms with Crippen LogP contribution in [-0.4, -0.2) is 54.1 Å². The van der Waals surface area contributed by atoms with Crippen LogP contribution in [0, 0.1) is 5.92 Å². The van der Waals surface area contributed by atoms with Crippen LogP contribution >= 0.6 is 0 Å². The highest BCUT2D eigenvalue weighted by molar-refractivity contribution is 5.49. The predicted molar refractivity (Wildman–Crippen MR) is 96.0 cm³/mol. The summed E-state index contributed by atoms with van der Waals surface area (Å²) in [6.45, 7) is 5.58. The topological polar surface area (TPSA) is 44.3 Å². The lowest BCUT2D eigenvalue weighted by molar-refractivity contribution is 0.0881. The third kappa shape index (κ3) is 3.77. The van der Waals surface area contributed by atoms with E-state index in [4.69, 9.17) is 0 Å². The highest BCUT2D eigenvalue weighted by atomic mass is 15.2. The molecule has 1 aliphatic heterocycles. The second-order valence-corrected chi connectivity index (χ2v) is 7.63. The Morgan fingerprint density at radius 2 is 2.04 bits per heavy atom. The summed E-state index contributed by atoms with van der Waals surface area (Å²) in [4.78, 5) is 13.7. The molecule has 5 heteroatoms. The Labute approximate surface area is 140 Å². The summed E-state index contributed by atoms with van der Waals surface area (Å²) < 4.78 is 0. The van der Waals surface area contributed by atoms with Crippen molar-refractivity contribution in [1.82, 2.24) is 14.9 Å². The highest BCUT2D eigenvalue weighted by Gasteiger charge is 2.36. The molecule has 0 radical (unpaired) electrons. The molecule has 0 bridgehead atoms. The van der Waals surface area contributed by atoms with E-state index in [-0.39, 0.29) is 5.54 Å². The van der Waals surface area contributed by atoms with E-state index >= 15 is 0 Å². The summed E-state index contributed by atoms with van der Waals surface area (Å²) in [5, 5.41) is 3.60. The normalized spacial score (nSPS) is 28.3. The maximum Gasteiger partial charge on any atom is 0.134 e. The summed E-state index contributed by atoms with van der Waals surface area (Å²) in [5.41, 5.74) is 0.246. The largest absolute Gasteiger partial charge is 0.368 e. The van der Waals surface area contributed by atoms with Crippen molar-refractivity contribution in [1.29, 1.82) is 0 Å². The second-order valence-electron chi connectivity index (χ2n) is 7.63. The average molecular weight is 317 g/mol. The summed E-state index contributed by atoms with van der Waals surface area (Å²) in [7, 11) is 4.44. The number of aromatic nitrogens is 2. The van der Waals surface area contributed by atoms with Gasteiger partial charge in [0.1, 0.15) is 18.0 Å². The number of hydrogen-bond acceptors (Lipinski definition) is 5. The van der Waals surface area contributed by atoms with E-state index in [1.54, 1.807) is 6.33 Å². The number of likely N-dealkylation sites (N-methyl/N-ethyl adjacent to an activating group) is 1. The molecule has 1 saturated heterocycles. The van der Waals surface area contributed by atoms with E-state index in [1.165, 1.54) is 38.5 Å². The Kier molecular flexibility index (Phi) is 5.05. The first kappa shape index (κ1) is 16.5. The van der Waals surface area contributed by atoms with Crippen LogP contribution in [0.4, 0.5) is 11.6 Å². The molecule has 23 heavy (non-hydrogen) atoms. The van der Waals surface area contributed by atoms with E-state index in [2.05, 4.69) is 52.2 Å². The van der Waals surface area contributed by atoms with Gasteiger partial charge in [0, 0.05) is 31.2 Å². The van der Waals surface area contributed by atoms with Crippen molar-refractivity contribution < 1.29 is 0 Å². The Morgan fingerprint density at radius 3 is 2.74 bits per heavy atom. The molecule has 0 spiro atoms. The van der Waals surface area contributed by atoms with Gasteiger partial charge in [-0.05, 0) is 45.7 Å². The van der Waals surface area contributed by atoms with E-state index in [0.717, 1.165) is 37.2 Å². The van der Waals surface area contributed by atoms with Crippen LogP contribution in [0.5, 0.6) is 0 Å². The molecule has 3 rings (SSSR count). The molecule has 1 aliphatic carbocycles. The minimum Gasteiger partial charge on any atom is -0.368 e.